The average Bonchev–Trinajstić information content (AvgIpc) is 2.95. The number of pyridine rings is 1. The highest BCUT2D eigenvalue weighted by Crippen LogP contribution is 2.51. The van der Waals surface area contributed by atoms with Crippen molar-refractivity contribution in [1.29, 1.82) is 0 Å². The number of nitrogens with zero attached hydrogens (tertiary/aromatic N) is 3. The van der Waals surface area contributed by atoms with Gasteiger partial charge in [0.05, 0.1) is 17.7 Å². The molecule has 0 bridgehead atoms. The van der Waals surface area contributed by atoms with Gasteiger partial charge in [0, 0.05) is 25.7 Å². The predicted octanol–water partition coefficient (Wildman–Crippen LogP) is 3.36. The van der Waals surface area contributed by atoms with E-state index in [1.54, 1.807) is 0 Å². The van der Waals surface area contributed by atoms with Gasteiger partial charge < -0.3 is 9.64 Å². The molecule has 2 fully saturated rings. The number of carbonyl (C=O) groups is 2. The van der Waals surface area contributed by atoms with Crippen LogP contribution in [0.2, 0.25) is 0 Å². The molecule has 1 aliphatic carbocycles. The van der Waals surface area contributed by atoms with Gasteiger partial charge in [-0.1, -0.05) is 6.07 Å². The highest BCUT2D eigenvalue weighted by atomic mass is 16.6. The summed E-state index contributed by atoms with van der Waals surface area (Å²) >= 11 is 0. The Morgan fingerprint density at radius 3 is 2.45 bits per heavy atom. The van der Waals surface area contributed by atoms with Gasteiger partial charge in [0.1, 0.15) is 5.60 Å². The Kier molecular flexibility index (Phi) is 6.04. The quantitative estimate of drug-likeness (QED) is 0.708. The van der Waals surface area contributed by atoms with E-state index in [-0.39, 0.29) is 29.3 Å². The first kappa shape index (κ1) is 21.8. The van der Waals surface area contributed by atoms with Crippen molar-refractivity contribution in [3.63, 3.8) is 0 Å². The third-order valence-electron chi connectivity index (χ3n) is 6.55. The summed E-state index contributed by atoms with van der Waals surface area (Å²) in [7, 11) is 4.25. The zero-order valence-corrected chi connectivity index (χ0v) is 18.5. The van der Waals surface area contributed by atoms with Gasteiger partial charge in [0.25, 0.3) is 0 Å². The molecule has 1 aromatic heterocycles. The zero-order valence-electron chi connectivity index (χ0n) is 18.5. The second kappa shape index (κ2) is 8.05. The Labute approximate surface area is 174 Å². The molecule has 160 valence electrons. The summed E-state index contributed by atoms with van der Waals surface area (Å²) in [4.78, 5) is 33.5. The molecule has 1 aliphatic heterocycles. The summed E-state index contributed by atoms with van der Waals surface area (Å²) < 4.78 is 5.38. The van der Waals surface area contributed by atoms with Crippen LogP contribution in [0.15, 0.2) is 24.4 Å². The lowest BCUT2D eigenvalue weighted by Crippen LogP contribution is -2.48. The fraction of sp³-hybridized carbons (Fsp3) is 0.696. The van der Waals surface area contributed by atoms with Crippen molar-refractivity contribution in [3.05, 3.63) is 30.1 Å². The predicted molar refractivity (Wildman–Crippen MR) is 112 cm³/mol. The number of ether oxygens (including phenoxy) is 1. The lowest BCUT2D eigenvalue weighted by molar-refractivity contribution is -0.155. The molecule has 29 heavy (non-hydrogen) atoms. The van der Waals surface area contributed by atoms with Crippen LogP contribution in [-0.4, -0.2) is 59.4 Å². The van der Waals surface area contributed by atoms with E-state index >= 15 is 0 Å². The lowest BCUT2D eigenvalue weighted by atomic mass is 9.65. The average molecular weight is 402 g/mol. The van der Waals surface area contributed by atoms with Gasteiger partial charge in [-0.2, -0.15) is 0 Å². The van der Waals surface area contributed by atoms with Gasteiger partial charge in [-0.25, -0.2) is 0 Å². The second-order valence-corrected chi connectivity index (χ2v) is 9.97. The highest BCUT2D eigenvalue weighted by molar-refractivity contribution is 5.80. The van der Waals surface area contributed by atoms with Crippen molar-refractivity contribution < 1.29 is 14.3 Å². The summed E-state index contributed by atoms with van der Waals surface area (Å²) in [5.74, 6) is -0.0691. The maximum atomic E-state index is 12.7. The topological polar surface area (TPSA) is 62.7 Å². The van der Waals surface area contributed by atoms with E-state index in [2.05, 4.69) is 36.1 Å². The molecule has 2 aliphatic rings. The summed E-state index contributed by atoms with van der Waals surface area (Å²) in [6.45, 7) is 6.79. The van der Waals surface area contributed by atoms with Gasteiger partial charge >= 0.3 is 5.97 Å². The summed E-state index contributed by atoms with van der Waals surface area (Å²) in [5, 5.41) is 0. The molecule has 0 atom stereocenters. The normalized spacial score (nSPS) is 27.7. The molecule has 1 aromatic rings. The van der Waals surface area contributed by atoms with E-state index in [1.807, 2.05) is 37.9 Å². The first-order valence-electron chi connectivity index (χ1n) is 10.6. The van der Waals surface area contributed by atoms with Gasteiger partial charge in [-0.15, -0.1) is 0 Å². The summed E-state index contributed by atoms with van der Waals surface area (Å²) in [5.41, 5.74) is 0.585. The Bertz CT molecular complexity index is 731. The number of esters is 1. The van der Waals surface area contributed by atoms with Crippen molar-refractivity contribution in [3.8, 4) is 0 Å². The molecule has 1 saturated carbocycles. The molecule has 0 unspecified atom stereocenters. The van der Waals surface area contributed by atoms with E-state index in [0.29, 0.717) is 13.0 Å². The molecule has 2 heterocycles. The minimum atomic E-state index is -0.488. The third-order valence-corrected chi connectivity index (χ3v) is 6.55. The van der Waals surface area contributed by atoms with E-state index in [4.69, 9.17) is 4.74 Å². The number of hydrogen-bond acceptors (Lipinski definition) is 5. The molecule has 3 rings (SSSR count). The van der Waals surface area contributed by atoms with Crippen molar-refractivity contribution in [1.82, 2.24) is 14.8 Å². The SMILES string of the molecule is CN(C)[C@]1(c2ccccn2)CC[C@@]2(CC1)CC(=O)N(CCC(=O)OC(C)(C)C)C2. The van der Waals surface area contributed by atoms with E-state index < -0.39 is 5.60 Å². The van der Waals surface area contributed by atoms with Crippen molar-refractivity contribution in [2.75, 3.05) is 27.2 Å². The van der Waals surface area contributed by atoms with Crippen LogP contribution in [0, 0.1) is 5.41 Å². The molecule has 0 N–H and O–H groups in total. The molecule has 1 spiro atoms. The van der Waals surface area contributed by atoms with Crippen LogP contribution in [0.3, 0.4) is 0 Å². The fourth-order valence-electron chi connectivity index (χ4n) is 4.90. The van der Waals surface area contributed by atoms with Gasteiger partial charge in [-0.3, -0.25) is 19.5 Å². The summed E-state index contributed by atoms with van der Waals surface area (Å²) in [6.07, 6.45) is 6.69. The number of hydrogen-bond donors (Lipinski definition) is 0. The fourth-order valence-corrected chi connectivity index (χ4v) is 4.90. The van der Waals surface area contributed by atoms with Crippen LogP contribution in [-0.2, 0) is 19.9 Å². The molecule has 0 aromatic carbocycles. The number of rotatable bonds is 5. The molecule has 1 saturated heterocycles. The highest BCUT2D eigenvalue weighted by Gasteiger charge is 2.50. The first-order chi connectivity index (χ1) is 13.6. The molecule has 1 amide bonds. The molecule has 6 nitrogen and oxygen atoms in total. The van der Waals surface area contributed by atoms with Crippen molar-refractivity contribution in [2.45, 2.75) is 70.4 Å². The van der Waals surface area contributed by atoms with E-state index in [1.165, 1.54) is 0 Å². The monoisotopic (exact) mass is 401 g/mol. The van der Waals surface area contributed by atoms with Crippen LogP contribution < -0.4 is 0 Å². The molecular weight excluding hydrogens is 366 g/mol. The van der Waals surface area contributed by atoms with E-state index in [9.17, 15) is 9.59 Å². The van der Waals surface area contributed by atoms with E-state index in [0.717, 1.165) is 37.9 Å². The van der Waals surface area contributed by atoms with Gasteiger partial charge in [0.15, 0.2) is 0 Å². The largest absolute Gasteiger partial charge is 0.460 e. The lowest BCUT2D eigenvalue weighted by Gasteiger charge is -2.48. The third kappa shape index (κ3) is 4.80. The van der Waals surface area contributed by atoms with Gasteiger partial charge in [-0.05, 0) is 78.1 Å². The number of aromatic nitrogens is 1. The first-order valence-corrected chi connectivity index (χ1v) is 10.6. The van der Waals surface area contributed by atoms with Crippen LogP contribution >= 0.6 is 0 Å². The van der Waals surface area contributed by atoms with Crippen molar-refractivity contribution in [2.24, 2.45) is 5.41 Å². The number of carbonyl (C=O) groups excluding carboxylic acids is 2. The Hall–Kier alpha value is -1.95. The van der Waals surface area contributed by atoms with Crippen LogP contribution in [0.4, 0.5) is 0 Å². The van der Waals surface area contributed by atoms with Crippen molar-refractivity contribution >= 4 is 11.9 Å². The van der Waals surface area contributed by atoms with Gasteiger partial charge in [0.2, 0.25) is 5.91 Å². The molecule has 6 heteroatoms. The summed E-state index contributed by atoms with van der Waals surface area (Å²) in [6, 6.07) is 6.12. The zero-order chi connectivity index (χ0) is 21.3. The van der Waals surface area contributed by atoms with Crippen LogP contribution in [0.25, 0.3) is 0 Å². The minimum absolute atomic E-state index is 0.0271. The number of amides is 1. The standard InChI is InChI=1S/C23H35N3O3/c1-21(2,3)29-20(28)9-15-26-17-22(16-19(26)27)10-12-23(13-11-22,25(4)5)18-8-6-7-14-24-18/h6-8,14H,9-13,15-17H2,1-5H3/t22-,23-. The van der Waals surface area contributed by atoms with Crippen LogP contribution in [0.1, 0.15) is 65.0 Å². The molecular formula is C23H35N3O3. The Balaban J connectivity index is 1.62. The Morgan fingerprint density at radius 2 is 1.90 bits per heavy atom. The minimum Gasteiger partial charge on any atom is -0.460 e. The smallest absolute Gasteiger partial charge is 0.308 e. The maximum Gasteiger partial charge on any atom is 0.308 e. The number of likely N-dealkylation sites (tertiary alicyclic amines) is 1. The second-order valence-electron chi connectivity index (χ2n) is 9.97. The molecule has 0 radical (unpaired) electrons. The van der Waals surface area contributed by atoms with Crippen LogP contribution in [0.5, 0.6) is 0 Å². The maximum absolute atomic E-state index is 12.7. The Morgan fingerprint density at radius 1 is 1.21 bits per heavy atom.